The van der Waals surface area contributed by atoms with E-state index in [1.807, 2.05) is 24.3 Å². The molecule has 2 aromatic carbocycles. The van der Waals surface area contributed by atoms with Crippen LogP contribution in [0.1, 0.15) is 11.1 Å². The molecule has 1 N–H and O–H groups in total. The molecule has 0 saturated carbocycles. The van der Waals surface area contributed by atoms with Crippen LogP contribution in [0, 0.1) is 0 Å². The SMILES string of the molecule is COc1ccc(CC(=O)OCC(=O)NCc2ccccc2OC)cc1. The van der Waals surface area contributed by atoms with Crippen molar-refractivity contribution in [3.05, 3.63) is 59.7 Å². The molecule has 0 aliphatic carbocycles. The number of nitrogens with one attached hydrogen (secondary N) is 1. The van der Waals surface area contributed by atoms with Crippen molar-refractivity contribution < 1.29 is 23.8 Å². The summed E-state index contributed by atoms with van der Waals surface area (Å²) < 4.78 is 15.3. The lowest BCUT2D eigenvalue weighted by atomic mass is 10.1. The van der Waals surface area contributed by atoms with E-state index in [2.05, 4.69) is 5.32 Å². The molecule has 0 aromatic heterocycles. The number of carbonyl (C=O) groups excluding carboxylic acids is 2. The normalized spacial score (nSPS) is 10.0. The van der Waals surface area contributed by atoms with Crippen LogP contribution in [0.5, 0.6) is 11.5 Å². The standard InChI is InChI=1S/C19H21NO5/c1-23-16-9-7-14(8-10-16)11-19(22)25-13-18(21)20-12-15-5-3-4-6-17(15)24-2/h3-10H,11-13H2,1-2H3,(H,20,21). The summed E-state index contributed by atoms with van der Waals surface area (Å²) in [5, 5.41) is 2.70. The van der Waals surface area contributed by atoms with Crippen LogP contribution >= 0.6 is 0 Å². The summed E-state index contributed by atoms with van der Waals surface area (Å²) in [5.74, 6) is 0.582. The van der Waals surface area contributed by atoms with Crippen molar-refractivity contribution in [2.24, 2.45) is 0 Å². The van der Waals surface area contributed by atoms with Crippen LogP contribution in [-0.2, 0) is 27.3 Å². The lowest BCUT2D eigenvalue weighted by Crippen LogP contribution is -2.28. The van der Waals surface area contributed by atoms with Gasteiger partial charge in [-0.1, -0.05) is 30.3 Å². The van der Waals surface area contributed by atoms with Crippen molar-refractivity contribution in [2.45, 2.75) is 13.0 Å². The van der Waals surface area contributed by atoms with Gasteiger partial charge in [0.15, 0.2) is 6.61 Å². The molecule has 6 nitrogen and oxygen atoms in total. The summed E-state index contributed by atoms with van der Waals surface area (Å²) >= 11 is 0. The number of ether oxygens (including phenoxy) is 3. The van der Waals surface area contributed by atoms with E-state index in [1.165, 1.54) is 0 Å². The Balaban J connectivity index is 1.74. The Hall–Kier alpha value is -3.02. The summed E-state index contributed by atoms with van der Waals surface area (Å²) in [4.78, 5) is 23.6. The number of carbonyl (C=O) groups is 2. The second-order valence-electron chi connectivity index (χ2n) is 5.27. The zero-order chi connectivity index (χ0) is 18.1. The summed E-state index contributed by atoms with van der Waals surface area (Å²) in [5.41, 5.74) is 1.64. The first-order valence-corrected chi connectivity index (χ1v) is 7.79. The summed E-state index contributed by atoms with van der Waals surface area (Å²) in [7, 11) is 3.15. The zero-order valence-electron chi connectivity index (χ0n) is 14.3. The molecular formula is C19H21NO5. The quantitative estimate of drug-likeness (QED) is 0.743. The summed E-state index contributed by atoms with van der Waals surface area (Å²) in [6, 6.07) is 14.5. The Morgan fingerprint density at radius 1 is 0.960 bits per heavy atom. The molecule has 0 bridgehead atoms. The highest BCUT2D eigenvalue weighted by atomic mass is 16.5. The fourth-order valence-corrected chi connectivity index (χ4v) is 2.20. The van der Waals surface area contributed by atoms with E-state index in [-0.39, 0.29) is 18.9 Å². The van der Waals surface area contributed by atoms with Crippen LogP contribution in [0.4, 0.5) is 0 Å². The Bertz CT molecular complexity index is 712. The first kappa shape index (κ1) is 18.3. The van der Waals surface area contributed by atoms with Crippen molar-refractivity contribution in [1.82, 2.24) is 5.32 Å². The minimum Gasteiger partial charge on any atom is -0.497 e. The first-order chi connectivity index (χ1) is 12.1. The van der Waals surface area contributed by atoms with Gasteiger partial charge in [0, 0.05) is 12.1 Å². The second kappa shape index (κ2) is 9.32. The largest absolute Gasteiger partial charge is 0.497 e. The maximum Gasteiger partial charge on any atom is 0.310 e. The predicted molar refractivity (Wildman–Crippen MR) is 92.5 cm³/mol. The van der Waals surface area contributed by atoms with Crippen LogP contribution < -0.4 is 14.8 Å². The Labute approximate surface area is 146 Å². The van der Waals surface area contributed by atoms with Crippen LogP contribution in [0.15, 0.2) is 48.5 Å². The van der Waals surface area contributed by atoms with Crippen LogP contribution in [0.2, 0.25) is 0 Å². The average Bonchev–Trinajstić information content (AvgIpc) is 2.65. The number of rotatable bonds is 8. The topological polar surface area (TPSA) is 73.9 Å². The molecule has 0 unspecified atom stereocenters. The van der Waals surface area contributed by atoms with Gasteiger partial charge in [-0.2, -0.15) is 0 Å². The van der Waals surface area contributed by atoms with E-state index in [9.17, 15) is 9.59 Å². The Morgan fingerprint density at radius 2 is 1.68 bits per heavy atom. The minimum absolute atomic E-state index is 0.101. The van der Waals surface area contributed by atoms with E-state index >= 15 is 0 Å². The van der Waals surface area contributed by atoms with Crippen molar-refractivity contribution >= 4 is 11.9 Å². The molecule has 2 rings (SSSR count). The van der Waals surface area contributed by atoms with Gasteiger partial charge in [-0.25, -0.2) is 0 Å². The maximum absolute atomic E-state index is 11.8. The molecular weight excluding hydrogens is 322 g/mol. The minimum atomic E-state index is -0.461. The molecule has 6 heteroatoms. The molecule has 25 heavy (non-hydrogen) atoms. The van der Waals surface area contributed by atoms with Crippen molar-refractivity contribution in [3.63, 3.8) is 0 Å². The molecule has 0 saturated heterocycles. The third-order valence-electron chi connectivity index (χ3n) is 3.54. The van der Waals surface area contributed by atoms with Gasteiger partial charge in [-0.05, 0) is 23.8 Å². The number of amides is 1. The monoisotopic (exact) mass is 343 g/mol. The van der Waals surface area contributed by atoms with Crippen molar-refractivity contribution in [3.8, 4) is 11.5 Å². The van der Waals surface area contributed by atoms with Crippen LogP contribution in [0.25, 0.3) is 0 Å². The molecule has 132 valence electrons. The lowest BCUT2D eigenvalue weighted by molar-refractivity contribution is -0.147. The van der Waals surface area contributed by atoms with Gasteiger partial charge in [-0.15, -0.1) is 0 Å². The van der Waals surface area contributed by atoms with Crippen LogP contribution in [-0.4, -0.2) is 32.7 Å². The summed E-state index contributed by atoms with van der Waals surface area (Å²) in [6.45, 7) is -0.0109. The molecule has 2 aromatic rings. The first-order valence-electron chi connectivity index (χ1n) is 7.79. The number of benzene rings is 2. The van der Waals surface area contributed by atoms with E-state index in [4.69, 9.17) is 14.2 Å². The number of hydrogen-bond acceptors (Lipinski definition) is 5. The van der Waals surface area contributed by atoms with Gasteiger partial charge in [0.05, 0.1) is 20.6 Å². The Kier molecular flexibility index (Phi) is 6.83. The third-order valence-corrected chi connectivity index (χ3v) is 3.54. The average molecular weight is 343 g/mol. The second-order valence-corrected chi connectivity index (χ2v) is 5.27. The number of esters is 1. The van der Waals surface area contributed by atoms with Crippen LogP contribution in [0.3, 0.4) is 0 Å². The van der Waals surface area contributed by atoms with Gasteiger partial charge in [0.1, 0.15) is 11.5 Å². The van der Waals surface area contributed by atoms with Crippen molar-refractivity contribution in [1.29, 1.82) is 0 Å². The maximum atomic E-state index is 11.8. The zero-order valence-corrected chi connectivity index (χ0v) is 14.3. The molecule has 1 amide bonds. The molecule has 0 aliphatic rings. The lowest BCUT2D eigenvalue weighted by Gasteiger charge is -2.10. The molecule has 0 fully saturated rings. The summed E-state index contributed by atoms with van der Waals surface area (Å²) in [6.07, 6.45) is 0.101. The van der Waals surface area contributed by atoms with Gasteiger partial charge in [0.25, 0.3) is 5.91 Å². The molecule has 0 atom stereocenters. The van der Waals surface area contributed by atoms with Gasteiger partial charge in [-0.3, -0.25) is 9.59 Å². The van der Waals surface area contributed by atoms with E-state index in [1.54, 1.807) is 38.5 Å². The predicted octanol–water partition coefficient (Wildman–Crippen LogP) is 2.11. The van der Waals surface area contributed by atoms with E-state index in [0.717, 1.165) is 11.1 Å². The third kappa shape index (κ3) is 5.84. The molecule has 0 spiro atoms. The fourth-order valence-electron chi connectivity index (χ4n) is 2.20. The van der Waals surface area contributed by atoms with Crippen molar-refractivity contribution in [2.75, 3.05) is 20.8 Å². The number of hydrogen-bond donors (Lipinski definition) is 1. The molecule has 0 aliphatic heterocycles. The highest BCUT2D eigenvalue weighted by Crippen LogP contribution is 2.16. The highest BCUT2D eigenvalue weighted by Gasteiger charge is 2.10. The Morgan fingerprint density at radius 3 is 2.36 bits per heavy atom. The van der Waals surface area contributed by atoms with Gasteiger partial charge in [0.2, 0.25) is 0 Å². The van der Waals surface area contributed by atoms with Gasteiger partial charge >= 0.3 is 5.97 Å². The molecule has 0 heterocycles. The number of methoxy groups -OCH3 is 2. The van der Waals surface area contributed by atoms with E-state index in [0.29, 0.717) is 18.0 Å². The molecule has 0 radical (unpaired) electrons. The fraction of sp³-hybridized carbons (Fsp3) is 0.263. The number of para-hydroxylation sites is 1. The van der Waals surface area contributed by atoms with Gasteiger partial charge < -0.3 is 19.5 Å². The smallest absolute Gasteiger partial charge is 0.310 e. The van der Waals surface area contributed by atoms with E-state index < -0.39 is 5.97 Å². The highest BCUT2D eigenvalue weighted by molar-refractivity contribution is 5.81.